The van der Waals surface area contributed by atoms with E-state index < -0.39 is 11.9 Å². The molecule has 5 nitrogen and oxygen atoms in total. The number of hydrogen-bond acceptors (Lipinski definition) is 5. The van der Waals surface area contributed by atoms with Crippen LogP contribution in [0.5, 0.6) is 0 Å². The molecule has 1 aliphatic rings. The van der Waals surface area contributed by atoms with E-state index in [0.717, 1.165) is 15.2 Å². The number of carboxylic acid groups (broad SMARTS) is 1. The van der Waals surface area contributed by atoms with Crippen LogP contribution in [0, 0.1) is 5.92 Å². The van der Waals surface area contributed by atoms with E-state index in [1.807, 2.05) is 30.1 Å². The van der Waals surface area contributed by atoms with Crippen molar-refractivity contribution in [3.63, 3.8) is 0 Å². The van der Waals surface area contributed by atoms with Gasteiger partial charge in [0.05, 0.1) is 35.9 Å². The van der Waals surface area contributed by atoms with Crippen molar-refractivity contribution in [2.45, 2.75) is 12.6 Å². The lowest BCUT2D eigenvalue weighted by molar-refractivity contribution is -0.143. The molecule has 1 aliphatic heterocycles. The Hall–Kier alpha value is -1.50. The summed E-state index contributed by atoms with van der Waals surface area (Å²) in [6.07, 6.45) is 0. The molecular weight excluding hydrogens is 276 g/mol. The number of rotatable bonds is 4. The van der Waals surface area contributed by atoms with Crippen molar-refractivity contribution in [3.8, 4) is 0 Å². The van der Waals surface area contributed by atoms with Crippen molar-refractivity contribution in [1.82, 2.24) is 9.88 Å². The van der Waals surface area contributed by atoms with Gasteiger partial charge in [0.15, 0.2) is 0 Å². The molecule has 106 valence electrons. The van der Waals surface area contributed by atoms with Crippen LogP contribution in [0.15, 0.2) is 24.3 Å². The SMILES string of the molecule is CN(Cc1nc2ccccc2s1)C1COCC1C(=O)O. The van der Waals surface area contributed by atoms with Crippen LogP contribution in [0.1, 0.15) is 5.01 Å². The van der Waals surface area contributed by atoms with E-state index in [-0.39, 0.29) is 6.04 Å². The van der Waals surface area contributed by atoms with Crippen molar-refractivity contribution >= 4 is 27.5 Å². The van der Waals surface area contributed by atoms with Crippen LogP contribution in [-0.4, -0.2) is 47.3 Å². The van der Waals surface area contributed by atoms with Gasteiger partial charge in [-0.3, -0.25) is 9.69 Å². The van der Waals surface area contributed by atoms with Gasteiger partial charge in [0, 0.05) is 6.04 Å². The number of hydrogen-bond donors (Lipinski definition) is 1. The number of ether oxygens (including phenoxy) is 1. The number of benzene rings is 1. The zero-order chi connectivity index (χ0) is 14.1. The molecule has 0 amide bonds. The monoisotopic (exact) mass is 292 g/mol. The molecule has 1 saturated heterocycles. The molecule has 0 aliphatic carbocycles. The molecule has 1 aromatic carbocycles. The molecule has 0 spiro atoms. The Morgan fingerprint density at radius 2 is 2.30 bits per heavy atom. The Kier molecular flexibility index (Phi) is 3.69. The summed E-state index contributed by atoms with van der Waals surface area (Å²) in [6, 6.07) is 7.93. The number of thiazole rings is 1. The van der Waals surface area contributed by atoms with Crippen LogP contribution in [0.2, 0.25) is 0 Å². The molecule has 0 saturated carbocycles. The largest absolute Gasteiger partial charge is 0.481 e. The lowest BCUT2D eigenvalue weighted by Gasteiger charge is -2.24. The molecule has 1 fully saturated rings. The highest BCUT2D eigenvalue weighted by molar-refractivity contribution is 7.18. The van der Waals surface area contributed by atoms with Gasteiger partial charge in [-0.05, 0) is 19.2 Å². The second kappa shape index (κ2) is 5.47. The highest BCUT2D eigenvalue weighted by atomic mass is 32.1. The fourth-order valence-corrected chi connectivity index (χ4v) is 3.56. The lowest BCUT2D eigenvalue weighted by Crippen LogP contribution is -2.40. The standard InChI is InChI=1S/C14H16N2O3S/c1-16(11-8-19-7-9(11)14(17)18)6-13-15-10-4-2-3-5-12(10)20-13/h2-5,9,11H,6-8H2,1H3,(H,17,18). The van der Waals surface area contributed by atoms with Crippen molar-refractivity contribution in [3.05, 3.63) is 29.3 Å². The van der Waals surface area contributed by atoms with Gasteiger partial charge in [-0.2, -0.15) is 0 Å². The highest BCUT2D eigenvalue weighted by Gasteiger charge is 2.36. The third-order valence-corrected chi connectivity index (χ3v) is 4.68. The first kappa shape index (κ1) is 13.5. The van der Waals surface area contributed by atoms with Crippen molar-refractivity contribution < 1.29 is 14.6 Å². The summed E-state index contributed by atoms with van der Waals surface area (Å²) in [6.45, 7) is 1.42. The van der Waals surface area contributed by atoms with Gasteiger partial charge in [0.25, 0.3) is 0 Å². The molecule has 0 radical (unpaired) electrons. The predicted molar refractivity (Wildman–Crippen MR) is 76.8 cm³/mol. The van der Waals surface area contributed by atoms with Crippen LogP contribution in [-0.2, 0) is 16.1 Å². The number of aromatic nitrogens is 1. The fourth-order valence-electron chi connectivity index (χ4n) is 2.53. The molecule has 3 rings (SSSR count). The number of nitrogens with zero attached hydrogens (tertiary/aromatic N) is 2. The topological polar surface area (TPSA) is 62.7 Å². The summed E-state index contributed by atoms with van der Waals surface area (Å²) in [5.74, 6) is -1.24. The zero-order valence-corrected chi connectivity index (χ0v) is 12.0. The molecule has 2 atom stereocenters. The number of carboxylic acids is 1. The quantitative estimate of drug-likeness (QED) is 0.931. The second-order valence-corrected chi connectivity index (χ2v) is 6.16. The van der Waals surface area contributed by atoms with Crippen LogP contribution in [0.25, 0.3) is 10.2 Å². The summed E-state index contributed by atoms with van der Waals surface area (Å²) < 4.78 is 6.47. The van der Waals surface area contributed by atoms with Gasteiger partial charge < -0.3 is 9.84 Å². The molecule has 2 unspecified atom stereocenters. The molecule has 2 aromatic rings. The predicted octanol–water partition coefficient (Wildman–Crippen LogP) is 1.83. The van der Waals surface area contributed by atoms with Gasteiger partial charge in [-0.1, -0.05) is 12.1 Å². The Bertz CT molecular complexity index is 595. The fraction of sp³-hybridized carbons (Fsp3) is 0.429. The summed E-state index contributed by atoms with van der Waals surface area (Å²) in [4.78, 5) is 17.8. The van der Waals surface area contributed by atoms with E-state index in [9.17, 15) is 9.90 Å². The Balaban J connectivity index is 1.75. The summed E-state index contributed by atoms with van der Waals surface area (Å²) in [7, 11) is 1.93. The molecule has 6 heteroatoms. The van der Waals surface area contributed by atoms with Gasteiger partial charge in [-0.25, -0.2) is 4.98 Å². The van der Waals surface area contributed by atoms with Gasteiger partial charge in [0.1, 0.15) is 5.01 Å². The van der Waals surface area contributed by atoms with Gasteiger partial charge in [0.2, 0.25) is 0 Å². The lowest BCUT2D eigenvalue weighted by atomic mass is 10.0. The average molecular weight is 292 g/mol. The first-order valence-electron chi connectivity index (χ1n) is 6.50. The third-order valence-electron chi connectivity index (χ3n) is 3.66. The molecule has 0 bridgehead atoms. The molecule has 20 heavy (non-hydrogen) atoms. The smallest absolute Gasteiger partial charge is 0.310 e. The molecular formula is C14H16N2O3S. The van der Waals surface area contributed by atoms with Crippen molar-refractivity contribution in [2.24, 2.45) is 5.92 Å². The third kappa shape index (κ3) is 2.54. The van der Waals surface area contributed by atoms with Gasteiger partial charge in [-0.15, -0.1) is 11.3 Å². The Morgan fingerprint density at radius 1 is 1.50 bits per heavy atom. The van der Waals surface area contributed by atoms with E-state index in [0.29, 0.717) is 19.8 Å². The van der Waals surface area contributed by atoms with Crippen molar-refractivity contribution in [1.29, 1.82) is 0 Å². The maximum atomic E-state index is 11.2. The Morgan fingerprint density at radius 3 is 3.05 bits per heavy atom. The summed E-state index contributed by atoms with van der Waals surface area (Å²) >= 11 is 1.65. The second-order valence-electron chi connectivity index (χ2n) is 5.04. The number of likely N-dealkylation sites (N-methyl/N-ethyl adjacent to an activating group) is 1. The number of carbonyl (C=O) groups is 1. The van der Waals surface area contributed by atoms with Gasteiger partial charge >= 0.3 is 5.97 Å². The van der Waals surface area contributed by atoms with E-state index >= 15 is 0 Å². The minimum absolute atomic E-state index is 0.0838. The minimum atomic E-state index is -0.788. The highest BCUT2D eigenvalue weighted by Crippen LogP contribution is 2.25. The number of aliphatic carboxylic acids is 1. The van der Waals surface area contributed by atoms with Crippen LogP contribution >= 0.6 is 11.3 Å². The van der Waals surface area contributed by atoms with Crippen LogP contribution in [0.3, 0.4) is 0 Å². The zero-order valence-electron chi connectivity index (χ0n) is 11.2. The first-order valence-corrected chi connectivity index (χ1v) is 7.32. The molecule has 2 heterocycles. The van der Waals surface area contributed by atoms with E-state index in [1.54, 1.807) is 11.3 Å². The minimum Gasteiger partial charge on any atom is -0.481 e. The molecule has 1 aromatic heterocycles. The molecule has 1 N–H and O–H groups in total. The normalized spacial score (nSPS) is 22.7. The summed E-state index contributed by atoms with van der Waals surface area (Å²) in [5.41, 5.74) is 0.998. The maximum absolute atomic E-state index is 11.2. The number of fused-ring (bicyclic) bond motifs is 1. The summed E-state index contributed by atoms with van der Waals surface area (Å²) in [5, 5.41) is 10.2. The average Bonchev–Trinajstić information content (AvgIpc) is 3.04. The first-order chi connectivity index (χ1) is 9.65. The van der Waals surface area contributed by atoms with E-state index in [4.69, 9.17) is 4.74 Å². The van der Waals surface area contributed by atoms with Crippen molar-refractivity contribution in [2.75, 3.05) is 20.3 Å². The Labute approximate surface area is 120 Å². The van der Waals surface area contributed by atoms with E-state index in [1.165, 1.54) is 0 Å². The van der Waals surface area contributed by atoms with Crippen LogP contribution < -0.4 is 0 Å². The van der Waals surface area contributed by atoms with E-state index in [2.05, 4.69) is 11.1 Å². The van der Waals surface area contributed by atoms with Crippen LogP contribution in [0.4, 0.5) is 0 Å². The number of para-hydroxylation sites is 1. The maximum Gasteiger partial charge on any atom is 0.310 e.